The first-order valence-corrected chi connectivity index (χ1v) is 6.67. The summed E-state index contributed by atoms with van der Waals surface area (Å²) in [7, 11) is 4.12. The van der Waals surface area contributed by atoms with Gasteiger partial charge in [-0.25, -0.2) is 0 Å². The molecule has 0 fully saturated rings. The molecule has 0 atom stereocenters. The smallest absolute Gasteiger partial charge is 0.0593 e. The SMILES string of the molecule is CN(C)CCOCCNCCc1ccsc1. The zero-order chi connectivity index (χ0) is 11.6. The van der Waals surface area contributed by atoms with Crippen LogP contribution in [0.2, 0.25) is 0 Å². The molecule has 1 heterocycles. The fraction of sp³-hybridized carbons (Fsp3) is 0.667. The average molecular weight is 242 g/mol. The lowest BCUT2D eigenvalue weighted by atomic mass is 10.2. The molecule has 0 amide bonds. The monoisotopic (exact) mass is 242 g/mol. The first kappa shape index (κ1) is 13.6. The van der Waals surface area contributed by atoms with Crippen molar-refractivity contribution in [1.29, 1.82) is 0 Å². The molecule has 1 aromatic rings. The highest BCUT2D eigenvalue weighted by Crippen LogP contribution is 2.05. The third kappa shape index (κ3) is 6.95. The molecular weight excluding hydrogens is 220 g/mol. The second-order valence-electron chi connectivity index (χ2n) is 4.05. The zero-order valence-corrected chi connectivity index (χ0v) is 11.1. The van der Waals surface area contributed by atoms with Crippen molar-refractivity contribution in [2.45, 2.75) is 6.42 Å². The predicted octanol–water partition coefficient (Wildman–Crippen LogP) is 1.46. The van der Waals surface area contributed by atoms with Crippen molar-refractivity contribution in [3.63, 3.8) is 0 Å². The fourth-order valence-electron chi connectivity index (χ4n) is 1.29. The standard InChI is InChI=1S/C12H22N2OS/c1-14(2)7-9-15-8-6-13-5-3-12-4-10-16-11-12/h4,10-11,13H,3,5-9H2,1-2H3. The molecule has 0 saturated heterocycles. The Kier molecular flexibility index (Phi) is 7.42. The van der Waals surface area contributed by atoms with E-state index in [2.05, 4.69) is 41.1 Å². The molecule has 1 aromatic heterocycles. The normalized spacial score (nSPS) is 11.2. The molecule has 92 valence electrons. The van der Waals surface area contributed by atoms with Crippen molar-refractivity contribution in [2.24, 2.45) is 0 Å². The second kappa shape index (κ2) is 8.70. The van der Waals surface area contributed by atoms with E-state index in [1.54, 1.807) is 11.3 Å². The first-order chi connectivity index (χ1) is 7.79. The molecule has 0 aliphatic heterocycles. The number of ether oxygens (including phenoxy) is 1. The van der Waals surface area contributed by atoms with Crippen molar-refractivity contribution >= 4 is 11.3 Å². The highest BCUT2D eigenvalue weighted by molar-refractivity contribution is 7.07. The summed E-state index contributed by atoms with van der Waals surface area (Å²) in [5, 5.41) is 7.71. The van der Waals surface area contributed by atoms with E-state index in [0.29, 0.717) is 0 Å². The zero-order valence-electron chi connectivity index (χ0n) is 10.2. The van der Waals surface area contributed by atoms with Crippen molar-refractivity contribution in [3.05, 3.63) is 22.4 Å². The number of hydrogen-bond acceptors (Lipinski definition) is 4. The van der Waals surface area contributed by atoms with E-state index in [1.807, 2.05) is 0 Å². The highest BCUT2D eigenvalue weighted by Gasteiger charge is 1.93. The minimum absolute atomic E-state index is 0.803. The van der Waals surface area contributed by atoms with Gasteiger partial charge in [0.05, 0.1) is 13.2 Å². The molecule has 0 saturated carbocycles. The Hall–Kier alpha value is -0.420. The van der Waals surface area contributed by atoms with Gasteiger partial charge in [0.1, 0.15) is 0 Å². The van der Waals surface area contributed by atoms with Crippen LogP contribution in [0.15, 0.2) is 16.8 Å². The molecule has 0 aliphatic rings. The van der Waals surface area contributed by atoms with Gasteiger partial charge in [0.2, 0.25) is 0 Å². The molecule has 0 unspecified atom stereocenters. The molecule has 0 aromatic carbocycles. The van der Waals surface area contributed by atoms with Crippen LogP contribution in [0.25, 0.3) is 0 Å². The maximum absolute atomic E-state index is 5.48. The molecule has 16 heavy (non-hydrogen) atoms. The van der Waals surface area contributed by atoms with Gasteiger partial charge in [-0.3, -0.25) is 0 Å². The quantitative estimate of drug-likeness (QED) is 0.664. The Balaban J connectivity index is 1.82. The van der Waals surface area contributed by atoms with Gasteiger partial charge in [0, 0.05) is 13.1 Å². The van der Waals surface area contributed by atoms with E-state index in [0.717, 1.165) is 39.3 Å². The van der Waals surface area contributed by atoms with Crippen molar-refractivity contribution in [1.82, 2.24) is 10.2 Å². The van der Waals surface area contributed by atoms with Crippen molar-refractivity contribution in [2.75, 3.05) is 46.9 Å². The summed E-state index contributed by atoms with van der Waals surface area (Å²) in [6.45, 7) is 4.59. The third-order valence-electron chi connectivity index (χ3n) is 2.28. The van der Waals surface area contributed by atoms with Gasteiger partial charge >= 0.3 is 0 Å². The third-order valence-corrected chi connectivity index (χ3v) is 3.01. The van der Waals surface area contributed by atoms with E-state index in [1.165, 1.54) is 5.56 Å². The number of thiophene rings is 1. The Morgan fingerprint density at radius 2 is 2.19 bits per heavy atom. The second-order valence-corrected chi connectivity index (χ2v) is 4.83. The van der Waals surface area contributed by atoms with E-state index < -0.39 is 0 Å². The van der Waals surface area contributed by atoms with E-state index >= 15 is 0 Å². The Morgan fingerprint density at radius 1 is 1.31 bits per heavy atom. The minimum Gasteiger partial charge on any atom is -0.379 e. The van der Waals surface area contributed by atoms with Gasteiger partial charge in [-0.2, -0.15) is 11.3 Å². The lowest BCUT2D eigenvalue weighted by molar-refractivity contribution is 0.119. The van der Waals surface area contributed by atoms with Gasteiger partial charge in [-0.05, 0) is 49.5 Å². The fourth-order valence-corrected chi connectivity index (χ4v) is 1.99. The number of likely N-dealkylation sites (N-methyl/N-ethyl adjacent to an activating group) is 1. The molecule has 0 aliphatic carbocycles. The number of nitrogens with zero attached hydrogens (tertiary/aromatic N) is 1. The van der Waals surface area contributed by atoms with Crippen molar-refractivity contribution < 1.29 is 4.74 Å². The summed E-state index contributed by atoms with van der Waals surface area (Å²) in [4.78, 5) is 2.13. The van der Waals surface area contributed by atoms with Gasteiger partial charge in [0.25, 0.3) is 0 Å². The number of hydrogen-bond donors (Lipinski definition) is 1. The molecule has 1 rings (SSSR count). The van der Waals surface area contributed by atoms with Crippen LogP contribution in [-0.2, 0) is 11.2 Å². The van der Waals surface area contributed by atoms with E-state index in [4.69, 9.17) is 4.74 Å². The van der Waals surface area contributed by atoms with Gasteiger partial charge in [0.15, 0.2) is 0 Å². The van der Waals surface area contributed by atoms with E-state index in [9.17, 15) is 0 Å². The van der Waals surface area contributed by atoms with Crippen LogP contribution < -0.4 is 5.32 Å². The molecule has 4 heteroatoms. The van der Waals surface area contributed by atoms with Crippen molar-refractivity contribution in [3.8, 4) is 0 Å². The average Bonchev–Trinajstić information content (AvgIpc) is 2.74. The molecular formula is C12H22N2OS. The van der Waals surface area contributed by atoms with Crippen LogP contribution in [0.1, 0.15) is 5.56 Å². The summed E-state index contributed by atoms with van der Waals surface area (Å²) in [6.07, 6.45) is 1.11. The summed E-state index contributed by atoms with van der Waals surface area (Å²) in [5.74, 6) is 0. The predicted molar refractivity (Wildman–Crippen MR) is 70.3 cm³/mol. The molecule has 0 spiro atoms. The van der Waals surface area contributed by atoms with E-state index in [-0.39, 0.29) is 0 Å². The molecule has 3 nitrogen and oxygen atoms in total. The lowest BCUT2D eigenvalue weighted by Gasteiger charge is -2.10. The van der Waals surface area contributed by atoms with Crippen LogP contribution in [0, 0.1) is 0 Å². The van der Waals surface area contributed by atoms with Crippen LogP contribution in [0.5, 0.6) is 0 Å². The van der Waals surface area contributed by atoms with Crippen LogP contribution in [0.4, 0.5) is 0 Å². The minimum atomic E-state index is 0.803. The largest absolute Gasteiger partial charge is 0.379 e. The van der Waals surface area contributed by atoms with Crippen LogP contribution in [-0.4, -0.2) is 51.8 Å². The Morgan fingerprint density at radius 3 is 2.88 bits per heavy atom. The van der Waals surface area contributed by atoms with Crippen LogP contribution in [0.3, 0.4) is 0 Å². The number of rotatable bonds is 9. The number of nitrogens with one attached hydrogen (secondary N) is 1. The Bertz CT molecular complexity index is 250. The topological polar surface area (TPSA) is 24.5 Å². The van der Waals surface area contributed by atoms with Gasteiger partial charge in [-0.15, -0.1) is 0 Å². The van der Waals surface area contributed by atoms with Gasteiger partial charge < -0.3 is 15.0 Å². The summed E-state index contributed by atoms with van der Waals surface area (Å²) >= 11 is 1.76. The molecule has 0 radical (unpaired) electrons. The lowest BCUT2D eigenvalue weighted by Crippen LogP contribution is -2.24. The molecule has 0 bridgehead atoms. The van der Waals surface area contributed by atoms with Gasteiger partial charge in [-0.1, -0.05) is 0 Å². The molecule has 1 N–H and O–H groups in total. The Labute approximate surface area is 102 Å². The van der Waals surface area contributed by atoms with Crippen LogP contribution >= 0.6 is 11.3 Å². The summed E-state index contributed by atoms with van der Waals surface area (Å²) in [6, 6.07) is 2.18. The summed E-state index contributed by atoms with van der Waals surface area (Å²) in [5.41, 5.74) is 1.42. The first-order valence-electron chi connectivity index (χ1n) is 5.73. The maximum Gasteiger partial charge on any atom is 0.0593 e. The highest BCUT2D eigenvalue weighted by atomic mass is 32.1. The summed E-state index contributed by atoms with van der Waals surface area (Å²) < 4.78 is 5.48. The maximum atomic E-state index is 5.48.